The van der Waals surface area contributed by atoms with Crippen molar-refractivity contribution in [3.63, 3.8) is 0 Å². The lowest BCUT2D eigenvalue weighted by Crippen LogP contribution is -2.19. The molecular formula is C17H12F5N5. The van der Waals surface area contributed by atoms with E-state index in [0.29, 0.717) is 15.4 Å². The van der Waals surface area contributed by atoms with Gasteiger partial charge in [0.05, 0.1) is 17.4 Å². The smallest absolute Gasteiger partial charge is 0.230 e. The minimum atomic E-state index is -4.87. The number of para-hydroxylation sites is 1. The normalized spacial score (nSPS) is 12.6. The molecule has 0 fully saturated rings. The van der Waals surface area contributed by atoms with Gasteiger partial charge in [-0.3, -0.25) is 0 Å². The summed E-state index contributed by atoms with van der Waals surface area (Å²) in [6, 6.07) is 6.55. The first-order valence-electron chi connectivity index (χ1n) is 7.88. The molecule has 0 saturated heterocycles. The second-order valence-corrected chi connectivity index (χ2v) is 6.13. The van der Waals surface area contributed by atoms with E-state index in [2.05, 4.69) is 15.2 Å². The summed E-state index contributed by atoms with van der Waals surface area (Å²) in [7, 11) is 0. The number of benzene rings is 1. The van der Waals surface area contributed by atoms with E-state index >= 15 is 0 Å². The van der Waals surface area contributed by atoms with Gasteiger partial charge in [-0.25, -0.2) is 23.0 Å². The molecule has 4 aromatic rings. The quantitative estimate of drug-likeness (QED) is 0.475. The third-order valence-corrected chi connectivity index (χ3v) is 4.27. The van der Waals surface area contributed by atoms with Gasteiger partial charge in [-0.1, -0.05) is 18.2 Å². The summed E-state index contributed by atoms with van der Waals surface area (Å²) in [5, 5.41) is 8.17. The first kappa shape index (κ1) is 17.4. The first-order chi connectivity index (χ1) is 12.7. The predicted octanol–water partition coefficient (Wildman–Crippen LogP) is 4.64. The van der Waals surface area contributed by atoms with Crippen LogP contribution in [0.25, 0.3) is 22.2 Å². The third-order valence-electron chi connectivity index (χ3n) is 4.27. The highest BCUT2D eigenvalue weighted by atomic mass is 19.4. The summed E-state index contributed by atoms with van der Waals surface area (Å²) in [6.07, 6.45) is -6.49. The van der Waals surface area contributed by atoms with Crippen molar-refractivity contribution in [2.24, 2.45) is 0 Å². The van der Waals surface area contributed by atoms with E-state index in [1.54, 1.807) is 25.1 Å². The van der Waals surface area contributed by atoms with Gasteiger partial charge in [0.15, 0.2) is 11.3 Å². The van der Waals surface area contributed by atoms with Crippen LogP contribution in [0.15, 0.2) is 30.5 Å². The molecule has 0 aliphatic carbocycles. The Morgan fingerprint density at radius 3 is 2.48 bits per heavy atom. The Morgan fingerprint density at radius 2 is 1.81 bits per heavy atom. The van der Waals surface area contributed by atoms with Gasteiger partial charge in [0.2, 0.25) is 5.82 Å². The van der Waals surface area contributed by atoms with Crippen molar-refractivity contribution in [2.75, 3.05) is 0 Å². The summed E-state index contributed by atoms with van der Waals surface area (Å²) in [5.74, 6) is -0.960. The number of hydrogen-bond acceptors (Lipinski definition) is 3. The minimum absolute atomic E-state index is 0.191. The maximum atomic E-state index is 13.9. The molecule has 0 unspecified atom stereocenters. The zero-order valence-corrected chi connectivity index (χ0v) is 14.1. The Balaban J connectivity index is 2.15. The Labute approximate surface area is 149 Å². The minimum Gasteiger partial charge on any atom is -0.230 e. The molecule has 4 rings (SSSR count). The number of fused-ring (bicyclic) bond motifs is 2. The van der Waals surface area contributed by atoms with Gasteiger partial charge in [-0.05, 0) is 31.0 Å². The lowest BCUT2D eigenvalue weighted by Gasteiger charge is -2.17. The highest BCUT2D eigenvalue weighted by Crippen LogP contribution is 2.37. The lowest BCUT2D eigenvalue weighted by molar-refractivity contribution is -0.142. The van der Waals surface area contributed by atoms with Crippen LogP contribution in [-0.2, 0) is 6.18 Å². The molecule has 0 N–H and O–H groups in total. The highest BCUT2D eigenvalue weighted by Gasteiger charge is 2.40. The summed E-state index contributed by atoms with van der Waals surface area (Å²) in [4.78, 5) is 3.52. The summed E-state index contributed by atoms with van der Waals surface area (Å²) in [6.45, 7) is 3.21. The monoisotopic (exact) mass is 381 g/mol. The van der Waals surface area contributed by atoms with E-state index in [4.69, 9.17) is 0 Å². The average molecular weight is 381 g/mol. The molecule has 0 aliphatic heterocycles. The van der Waals surface area contributed by atoms with E-state index in [0.717, 1.165) is 5.56 Å². The number of hydrogen-bond donors (Lipinski definition) is 0. The fraction of sp³-hybridized carbons (Fsp3) is 0.235. The third kappa shape index (κ3) is 2.63. The topological polar surface area (TPSA) is 48.0 Å². The second-order valence-electron chi connectivity index (χ2n) is 6.13. The zero-order valence-electron chi connectivity index (χ0n) is 14.1. The fourth-order valence-electron chi connectivity index (χ4n) is 3.18. The van der Waals surface area contributed by atoms with E-state index in [-0.39, 0.29) is 16.9 Å². The Morgan fingerprint density at radius 1 is 1.07 bits per heavy atom. The van der Waals surface area contributed by atoms with Gasteiger partial charge in [0.1, 0.15) is 0 Å². The van der Waals surface area contributed by atoms with Crippen molar-refractivity contribution in [3.8, 4) is 5.69 Å². The van der Waals surface area contributed by atoms with E-state index in [9.17, 15) is 22.0 Å². The number of halogens is 5. The molecular weight excluding hydrogens is 369 g/mol. The van der Waals surface area contributed by atoms with Gasteiger partial charge >= 0.3 is 6.18 Å². The van der Waals surface area contributed by atoms with E-state index < -0.39 is 24.1 Å². The van der Waals surface area contributed by atoms with Gasteiger partial charge in [0, 0.05) is 5.39 Å². The Hall–Kier alpha value is -3.04. The Kier molecular flexibility index (Phi) is 3.69. The number of nitrogens with zero attached hydrogens (tertiary/aromatic N) is 5. The molecule has 140 valence electrons. The van der Waals surface area contributed by atoms with Crippen LogP contribution < -0.4 is 0 Å². The standard InChI is InChI=1S/C17H12F5N5/c1-8-4-3-5-10-7-23-27(12(8)10)13-9(2)6-11-24-16(15(18)19)25-26(11)14(13)17(20,21)22/h3-7,15H,1-2H3. The number of pyridine rings is 1. The highest BCUT2D eigenvalue weighted by molar-refractivity contribution is 5.84. The van der Waals surface area contributed by atoms with Gasteiger partial charge < -0.3 is 0 Å². The molecule has 0 saturated carbocycles. The molecule has 27 heavy (non-hydrogen) atoms. The molecule has 0 atom stereocenters. The number of rotatable bonds is 2. The Bertz CT molecular complexity index is 1170. The fourth-order valence-corrected chi connectivity index (χ4v) is 3.18. The van der Waals surface area contributed by atoms with Crippen LogP contribution in [0.2, 0.25) is 0 Å². The summed E-state index contributed by atoms with van der Waals surface area (Å²) < 4.78 is 69.3. The van der Waals surface area contributed by atoms with E-state index in [1.807, 2.05) is 0 Å². The van der Waals surface area contributed by atoms with Crippen molar-refractivity contribution in [3.05, 3.63) is 53.1 Å². The molecule has 0 bridgehead atoms. The average Bonchev–Trinajstić information content (AvgIpc) is 3.17. The van der Waals surface area contributed by atoms with Crippen LogP contribution in [0.5, 0.6) is 0 Å². The lowest BCUT2D eigenvalue weighted by atomic mass is 10.1. The molecule has 0 radical (unpaired) electrons. The van der Waals surface area contributed by atoms with Crippen LogP contribution in [0.1, 0.15) is 29.1 Å². The molecule has 10 heteroatoms. The molecule has 1 aromatic carbocycles. The molecule has 0 aliphatic rings. The molecule has 3 aromatic heterocycles. The molecule has 5 nitrogen and oxygen atoms in total. The van der Waals surface area contributed by atoms with Crippen LogP contribution in [0.3, 0.4) is 0 Å². The summed E-state index contributed by atoms with van der Waals surface area (Å²) in [5.41, 5.74) is -0.359. The number of aromatic nitrogens is 5. The second kappa shape index (κ2) is 5.73. The first-order valence-corrected chi connectivity index (χ1v) is 7.88. The van der Waals surface area contributed by atoms with Gasteiger partial charge in [-0.2, -0.15) is 18.3 Å². The molecule has 3 heterocycles. The SMILES string of the molecule is Cc1cc2nc(C(F)F)nn2c(C(F)(F)F)c1-n1ncc2cccc(C)c21. The molecule has 0 amide bonds. The van der Waals surface area contributed by atoms with Crippen molar-refractivity contribution < 1.29 is 22.0 Å². The van der Waals surface area contributed by atoms with E-state index in [1.165, 1.54) is 23.9 Å². The van der Waals surface area contributed by atoms with Crippen LogP contribution >= 0.6 is 0 Å². The number of alkyl halides is 5. The number of aryl methyl sites for hydroxylation is 2. The van der Waals surface area contributed by atoms with Crippen molar-refractivity contribution >= 4 is 16.6 Å². The van der Waals surface area contributed by atoms with Gasteiger partial charge in [-0.15, -0.1) is 5.10 Å². The maximum Gasteiger partial charge on any atom is 0.435 e. The van der Waals surface area contributed by atoms with Crippen LogP contribution in [0.4, 0.5) is 22.0 Å². The van der Waals surface area contributed by atoms with Crippen LogP contribution in [-0.4, -0.2) is 24.4 Å². The van der Waals surface area contributed by atoms with Gasteiger partial charge in [0.25, 0.3) is 6.43 Å². The maximum absolute atomic E-state index is 13.9. The molecule has 0 spiro atoms. The van der Waals surface area contributed by atoms with Crippen LogP contribution in [0, 0.1) is 13.8 Å². The predicted molar refractivity (Wildman–Crippen MR) is 87.0 cm³/mol. The largest absolute Gasteiger partial charge is 0.435 e. The summed E-state index contributed by atoms with van der Waals surface area (Å²) >= 11 is 0. The zero-order chi connectivity index (χ0) is 19.5. The van der Waals surface area contributed by atoms with Crippen molar-refractivity contribution in [1.29, 1.82) is 0 Å². The van der Waals surface area contributed by atoms with Crippen molar-refractivity contribution in [1.82, 2.24) is 24.4 Å². The van der Waals surface area contributed by atoms with Crippen molar-refractivity contribution in [2.45, 2.75) is 26.4 Å².